The van der Waals surface area contributed by atoms with E-state index in [-0.39, 0.29) is 0 Å². The lowest BCUT2D eigenvalue weighted by Gasteiger charge is -1.86. The number of nitrogens with zero attached hydrogens (tertiary/aromatic N) is 5. The highest BCUT2D eigenvalue weighted by molar-refractivity contribution is 7.80. The molecule has 0 aromatic carbocycles. The molecule has 0 saturated carbocycles. The smallest absolute Gasteiger partial charge is 0.186 e. The summed E-state index contributed by atoms with van der Waals surface area (Å²) < 4.78 is 0. The number of fused-ring (bicyclic) bond motifs is 1. The molecule has 16 heavy (non-hydrogen) atoms. The summed E-state index contributed by atoms with van der Waals surface area (Å²) in [4.78, 5) is 22.0. The molecule has 0 aliphatic heterocycles. The molecule has 7 heteroatoms. The first-order chi connectivity index (χ1) is 7.86. The van der Waals surface area contributed by atoms with Gasteiger partial charge in [0.15, 0.2) is 10.8 Å². The number of hydrogen-bond acceptors (Lipinski definition) is 6. The lowest BCUT2D eigenvalue weighted by atomic mass is 10.6. The fraction of sp³-hybridized carbons (Fsp3) is 0. The van der Waals surface area contributed by atoms with Gasteiger partial charge in [-0.3, -0.25) is 0 Å². The third-order valence-corrected chi connectivity index (χ3v) is 1.86. The Hall–Kier alpha value is -2.02. The van der Waals surface area contributed by atoms with Gasteiger partial charge in [-0.15, -0.1) is 12.6 Å². The molecule has 3 rings (SSSR count). The molecule has 0 bridgehead atoms. The average molecular weight is 232 g/mol. The number of H-pyrrole nitrogens is 1. The molecule has 80 valence electrons. The molecule has 0 spiro atoms. The Morgan fingerprint density at radius 1 is 1.12 bits per heavy atom. The summed E-state index contributed by atoms with van der Waals surface area (Å²) in [5.74, 6) is 0. The first kappa shape index (κ1) is 10.5. The minimum Gasteiger partial charge on any atom is -0.342 e. The first-order valence-corrected chi connectivity index (χ1v) is 4.86. The second-order valence-electron chi connectivity index (χ2n) is 2.71. The van der Waals surface area contributed by atoms with E-state index in [9.17, 15) is 0 Å². The lowest BCUT2D eigenvalue weighted by Crippen LogP contribution is -1.82. The molecule has 1 N–H and O–H groups in total. The molecule has 0 aliphatic rings. The number of rotatable bonds is 0. The van der Waals surface area contributed by atoms with Crippen molar-refractivity contribution in [3.8, 4) is 0 Å². The van der Waals surface area contributed by atoms with Gasteiger partial charge in [-0.25, -0.2) is 24.9 Å². The summed E-state index contributed by atoms with van der Waals surface area (Å²) >= 11 is 3.96. The maximum Gasteiger partial charge on any atom is 0.186 e. The minimum atomic E-state index is 0.444. The van der Waals surface area contributed by atoms with Crippen molar-refractivity contribution in [3.05, 3.63) is 37.3 Å². The topological polar surface area (TPSA) is 80.2 Å². The molecule has 0 atom stereocenters. The average Bonchev–Trinajstić information content (AvgIpc) is 2.79. The van der Waals surface area contributed by atoms with Gasteiger partial charge in [0.05, 0.1) is 12.5 Å². The van der Waals surface area contributed by atoms with Crippen LogP contribution < -0.4 is 0 Å². The van der Waals surface area contributed by atoms with Crippen molar-refractivity contribution in [3.63, 3.8) is 0 Å². The molecular weight excluding hydrogens is 224 g/mol. The van der Waals surface area contributed by atoms with E-state index in [1.54, 1.807) is 31.0 Å². The van der Waals surface area contributed by atoms with Crippen LogP contribution >= 0.6 is 12.6 Å². The van der Waals surface area contributed by atoms with E-state index >= 15 is 0 Å². The van der Waals surface area contributed by atoms with Crippen molar-refractivity contribution >= 4 is 23.8 Å². The Morgan fingerprint density at radius 2 is 1.94 bits per heavy atom. The predicted octanol–water partition coefficient (Wildman–Crippen LogP) is 1.12. The van der Waals surface area contributed by atoms with Gasteiger partial charge in [0.25, 0.3) is 0 Å². The molecule has 0 aliphatic carbocycles. The van der Waals surface area contributed by atoms with Crippen LogP contribution in [0.2, 0.25) is 0 Å². The maximum absolute atomic E-state index is 3.96. The minimum absolute atomic E-state index is 0.444. The molecular formula is C9H8N6S. The third kappa shape index (κ3) is 2.74. The monoisotopic (exact) mass is 232 g/mol. The number of imidazole rings is 1. The predicted molar refractivity (Wildman–Crippen MR) is 61.0 cm³/mol. The highest BCUT2D eigenvalue weighted by Crippen LogP contribution is 2.05. The Labute approximate surface area is 96.6 Å². The zero-order chi connectivity index (χ0) is 11.2. The van der Waals surface area contributed by atoms with Gasteiger partial charge in [-0.1, -0.05) is 0 Å². The van der Waals surface area contributed by atoms with Gasteiger partial charge in [-0.05, 0) is 6.07 Å². The molecule has 0 fully saturated rings. The van der Waals surface area contributed by atoms with Crippen molar-refractivity contribution in [1.82, 2.24) is 29.9 Å². The Balaban J connectivity index is 0.000000138. The molecule has 0 amide bonds. The van der Waals surface area contributed by atoms with E-state index in [4.69, 9.17) is 0 Å². The van der Waals surface area contributed by atoms with E-state index in [0.717, 1.165) is 5.52 Å². The molecule has 0 radical (unpaired) electrons. The van der Waals surface area contributed by atoms with Crippen LogP contribution in [0.15, 0.2) is 42.5 Å². The van der Waals surface area contributed by atoms with E-state index in [2.05, 4.69) is 42.5 Å². The normalized spacial score (nSPS) is 9.56. The highest BCUT2D eigenvalue weighted by Gasteiger charge is 1.96. The van der Waals surface area contributed by atoms with Gasteiger partial charge in [0.2, 0.25) is 0 Å². The largest absolute Gasteiger partial charge is 0.342 e. The summed E-state index contributed by atoms with van der Waals surface area (Å²) in [5.41, 5.74) is 1.48. The second-order valence-corrected chi connectivity index (χ2v) is 3.11. The summed E-state index contributed by atoms with van der Waals surface area (Å²) in [6.45, 7) is 0. The molecule has 3 aromatic rings. The van der Waals surface area contributed by atoms with Gasteiger partial charge >= 0.3 is 0 Å². The molecule has 3 heterocycles. The summed E-state index contributed by atoms with van der Waals surface area (Å²) in [6.07, 6.45) is 8.10. The van der Waals surface area contributed by atoms with Crippen LogP contribution in [0, 0.1) is 0 Å². The van der Waals surface area contributed by atoms with E-state index in [1.165, 1.54) is 6.33 Å². The Morgan fingerprint density at radius 3 is 2.56 bits per heavy atom. The van der Waals surface area contributed by atoms with Crippen LogP contribution in [0.5, 0.6) is 0 Å². The first-order valence-electron chi connectivity index (χ1n) is 4.41. The van der Waals surface area contributed by atoms with Crippen LogP contribution in [0.25, 0.3) is 11.2 Å². The van der Waals surface area contributed by atoms with Crippen molar-refractivity contribution in [2.24, 2.45) is 0 Å². The van der Waals surface area contributed by atoms with E-state index in [0.29, 0.717) is 10.8 Å². The van der Waals surface area contributed by atoms with Crippen LogP contribution in [-0.2, 0) is 0 Å². The van der Waals surface area contributed by atoms with Crippen molar-refractivity contribution in [2.75, 3.05) is 0 Å². The standard InChI is InChI=1S/C5H4N4S.C4H4N2/c10-5-6-1-3-4(9-5)8-2-7-3;1-2-5-4-6-3-1/h1-2H,(H2,6,7,8,9,10);1-4H. The Kier molecular flexibility index (Phi) is 3.39. The fourth-order valence-electron chi connectivity index (χ4n) is 0.980. The second kappa shape index (κ2) is 5.17. The number of thiol groups is 1. The summed E-state index contributed by atoms with van der Waals surface area (Å²) in [7, 11) is 0. The third-order valence-electron chi connectivity index (χ3n) is 1.64. The molecule has 0 unspecified atom stereocenters. The fourth-order valence-corrected chi connectivity index (χ4v) is 1.13. The lowest BCUT2D eigenvalue weighted by molar-refractivity contribution is 1.00. The quantitative estimate of drug-likeness (QED) is 0.448. The summed E-state index contributed by atoms with van der Waals surface area (Å²) in [5, 5.41) is 0.444. The van der Waals surface area contributed by atoms with E-state index < -0.39 is 0 Å². The number of aromatic nitrogens is 6. The molecule has 0 saturated heterocycles. The van der Waals surface area contributed by atoms with Crippen molar-refractivity contribution in [2.45, 2.75) is 5.16 Å². The number of nitrogens with one attached hydrogen (secondary N) is 1. The van der Waals surface area contributed by atoms with Gasteiger partial charge in [0.1, 0.15) is 11.8 Å². The van der Waals surface area contributed by atoms with Crippen LogP contribution in [0.1, 0.15) is 0 Å². The zero-order valence-electron chi connectivity index (χ0n) is 8.15. The Bertz CT molecular complexity index is 525. The van der Waals surface area contributed by atoms with Gasteiger partial charge in [-0.2, -0.15) is 0 Å². The summed E-state index contributed by atoms with van der Waals surface area (Å²) in [6, 6.07) is 1.78. The van der Waals surface area contributed by atoms with Crippen LogP contribution in [0.3, 0.4) is 0 Å². The number of aromatic amines is 1. The van der Waals surface area contributed by atoms with Crippen molar-refractivity contribution in [1.29, 1.82) is 0 Å². The van der Waals surface area contributed by atoms with E-state index in [1.807, 2.05) is 0 Å². The molecule has 3 aromatic heterocycles. The highest BCUT2D eigenvalue weighted by atomic mass is 32.1. The van der Waals surface area contributed by atoms with Gasteiger partial charge in [0, 0.05) is 12.4 Å². The SMILES string of the molecule is Sc1ncc2[nH]cnc2n1.c1cncnc1. The number of hydrogen-bond donors (Lipinski definition) is 2. The van der Waals surface area contributed by atoms with Crippen LogP contribution in [0.4, 0.5) is 0 Å². The zero-order valence-corrected chi connectivity index (χ0v) is 9.04. The maximum atomic E-state index is 3.96. The molecule has 6 nitrogen and oxygen atoms in total. The van der Waals surface area contributed by atoms with Gasteiger partial charge < -0.3 is 4.98 Å². The van der Waals surface area contributed by atoms with Crippen molar-refractivity contribution < 1.29 is 0 Å². The van der Waals surface area contributed by atoms with Crippen LogP contribution in [-0.4, -0.2) is 29.9 Å².